The van der Waals surface area contributed by atoms with Gasteiger partial charge in [0.2, 0.25) is 0 Å². The SMILES string of the molecule is CCCC1CCN(c2c(Cl)cc(N)cc2C(=O)O)CC1. The molecule has 5 heteroatoms. The van der Waals surface area contributed by atoms with Crippen LogP contribution in [0.1, 0.15) is 43.0 Å². The molecule has 3 N–H and O–H groups in total. The highest BCUT2D eigenvalue weighted by atomic mass is 35.5. The first kappa shape index (κ1) is 15.0. The number of hydrogen-bond donors (Lipinski definition) is 2. The van der Waals surface area contributed by atoms with Crippen LogP contribution in [0.4, 0.5) is 11.4 Å². The number of halogens is 1. The standard InChI is InChI=1S/C15H21ClN2O2/c1-2-3-10-4-6-18(7-5-10)14-12(15(19)20)8-11(17)9-13(14)16/h8-10H,2-7,17H2,1H3,(H,19,20). The summed E-state index contributed by atoms with van der Waals surface area (Å²) in [7, 11) is 0. The second-order valence-electron chi connectivity index (χ2n) is 5.42. The summed E-state index contributed by atoms with van der Waals surface area (Å²) in [4.78, 5) is 13.5. The van der Waals surface area contributed by atoms with Crippen molar-refractivity contribution in [1.29, 1.82) is 0 Å². The molecule has 0 amide bonds. The zero-order valence-electron chi connectivity index (χ0n) is 11.7. The molecule has 1 aromatic rings. The molecule has 110 valence electrons. The lowest BCUT2D eigenvalue weighted by atomic mass is 9.92. The fourth-order valence-corrected chi connectivity index (χ4v) is 3.31. The van der Waals surface area contributed by atoms with E-state index >= 15 is 0 Å². The van der Waals surface area contributed by atoms with Crippen LogP contribution < -0.4 is 10.6 Å². The first-order chi connectivity index (χ1) is 9.52. The van der Waals surface area contributed by atoms with Crippen molar-refractivity contribution >= 4 is 28.9 Å². The van der Waals surface area contributed by atoms with Crippen molar-refractivity contribution in [1.82, 2.24) is 0 Å². The van der Waals surface area contributed by atoms with Crippen molar-refractivity contribution in [2.45, 2.75) is 32.6 Å². The van der Waals surface area contributed by atoms with E-state index in [2.05, 4.69) is 11.8 Å². The molecule has 0 spiro atoms. The van der Waals surface area contributed by atoms with Gasteiger partial charge in [0.1, 0.15) is 0 Å². The molecular weight excluding hydrogens is 276 g/mol. The number of benzene rings is 1. The third-order valence-corrected chi connectivity index (χ3v) is 4.23. The number of nitrogens with two attached hydrogens (primary N) is 1. The van der Waals surface area contributed by atoms with Gasteiger partial charge in [0, 0.05) is 18.8 Å². The van der Waals surface area contributed by atoms with Gasteiger partial charge in [-0.05, 0) is 30.9 Å². The highest BCUT2D eigenvalue weighted by Crippen LogP contribution is 2.35. The lowest BCUT2D eigenvalue weighted by Crippen LogP contribution is -2.34. The van der Waals surface area contributed by atoms with Gasteiger partial charge >= 0.3 is 5.97 Å². The average Bonchev–Trinajstić information content (AvgIpc) is 2.39. The molecule has 4 nitrogen and oxygen atoms in total. The number of aromatic carboxylic acids is 1. The van der Waals surface area contributed by atoms with Gasteiger partial charge in [-0.25, -0.2) is 4.79 Å². The molecule has 0 aromatic heterocycles. The number of hydrogen-bond acceptors (Lipinski definition) is 3. The number of piperidine rings is 1. The molecule has 2 rings (SSSR count). The monoisotopic (exact) mass is 296 g/mol. The average molecular weight is 297 g/mol. The van der Waals surface area contributed by atoms with Crippen molar-refractivity contribution in [3.05, 3.63) is 22.7 Å². The van der Waals surface area contributed by atoms with E-state index in [-0.39, 0.29) is 5.56 Å². The highest BCUT2D eigenvalue weighted by Gasteiger charge is 2.24. The molecule has 1 saturated heterocycles. The third kappa shape index (κ3) is 3.18. The third-order valence-electron chi connectivity index (χ3n) is 3.94. The molecule has 0 saturated carbocycles. The Morgan fingerprint density at radius 1 is 1.45 bits per heavy atom. The van der Waals surface area contributed by atoms with E-state index in [4.69, 9.17) is 17.3 Å². The van der Waals surface area contributed by atoms with Crippen LogP contribution in [0.25, 0.3) is 0 Å². The maximum absolute atomic E-state index is 11.4. The summed E-state index contributed by atoms with van der Waals surface area (Å²) in [6, 6.07) is 3.11. The van der Waals surface area contributed by atoms with Gasteiger partial charge in [0.25, 0.3) is 0 Å². The molecule has 0 unspecified atom stereocenters. The lowest BCUT2D eigenvalue weighted by molar-refractivity contribution is 0.0697. The Morgan fingerprint density at radius 3 is 2.65 bits per heavy atom. The van der Waals surface area contributed by atoms with Crippen LogP contribution >= 0.6 is 11.6 Å². The summed E-state index contributed by atoms with van der Waals surface area (Å²) in [5.74, 6) is -0.234. The molecule has 0 bridgehead atoms. The molecule has 0 aliphatic carbocycles. The molecular formula is C15H21ClN2O2. The normalized spacial score (nSPS) is 16.4. The Morgan fingerprint density at radius 2 is 2.10 bits per heavy atom. The van der Waals surface area contributed by atoms with E-state index in [0.717, 1.165) is 31.8 Å². The number of nitrogen functional groups attached to an aromatic ring is 1. The number of carboxylic acids is 1. The number of carbonyl (C=O) groups is 1. The second kappa shape index (κ2) is 6.35. The minimum atomic E-state index is -0.982. The Balaban J connectivity index is 2.23. The van der Waals surface area contributed by atoms with Crippen LogP contribution in [0.5, 0.6) is 0 Å². The maximum atomic E-state index is 11.4. The fraction of sp³-hybridized carbons (Fsp3) is 0.533. The zero-order chi connectivity index (χ0) is 14.7. The van der Waals surface area contributed by atoms with Crippen LogP contribution in [0.15, 0.2) is 12.1 Å². The van der Waals surface area contributed by atoms with E-state index in [1.54, 1.807) is 6.07 Å². The maximum Gasteiger partial charge on any atom is 0.337 e. The molecule has 1 heterocycles. The highest BCUT2D eigenvalue weighted by molar-refractivity contribution is 6.34. The van der Waals surface area contributed by atoms with Gasteiger partial charge in [-0.1, -0.05) is 31.4 Å². The van der Waals surface area contributed by atoms with Crippen LogP contribution in [-0.2, 0) is 0 Å². The van der Waals surface area contributed by atoms with Crippen LogP contribution in [0.3, 0.4) is 0 Å². The first-order valence-electron chi connectivity index (χ1n) is 7.10. The van der Waals surface area contributed by atoms with E-state index in [1.807, 2.05) is 0 Å². The largest absolute Gasteiger partial charge is 0.478 e. The Hall–Kier alpha value is -1.42. The van der Waals surface area contributed by atoms with E-state index in [9.17, 15) is 9.90 Å². The van der Waals surface area contributed by atoms with Crippen LogP contribution in [0, 0.1) is 5.92 Å². The summed E-state index contributed by atoms with van der Waals surface area (Å²) in [6.07, 6.45) is 4.63. The zero-order valence-corrected chi connectivity index (χ0v) is 12.5. The van der Waals surface area contributed by atoms with Gasteiger partial charge in [-0.3, -0.25) is 0 Å². The molecule has 1 aliphatic rings. The van der Waals surface area contributed by atoms with Gasteiger partial charge in [-0.2, -0.15) is 0 Å². The van der Waals surface area contributed by atoms with Gasteiger partial charge < -0.3 is 15.7 Å². The van der Waals surface area contributed by atoms with E-state index in [0.29, 0.717) is 16.4 Å². The van der Waals surface area contributed by atoms with Crippen molar-refractivity contribution in [2.24, 2.45) is 5.92 Å². The van der Waals surface area contributed by atoms with E-state index in [1.165, 1.54) is 18.9 Å². The van der Waals surface area contributed by atoms with Crippen LogP contribution in [0.2, 0.25) is 5.02 Å². The molecule has 1 aliphatic heterocycles. The fourth-order valence-electron chi connectivity index (χ4n) is 2.96. The summed E-state index contributed by atoms with van der Waals surface area (Å²) >= 11 is 6.22. The molecule has 0 radical (unpaired) electrons. The summed E-state index contributed by atoms with van der Waals surface area (Å²) in [6.45, 7) is 3.91. The predicted molar refractivity (Wildman–Crippen MR) is 82.7 cm³/mol. The topological polar surface area (TPSA) is 66.6 Å². The number of nitrogens with zero attached hydrogens (tertiary/aromatic N) is 1. The first-order valence-corrected chi connectivity index (χ1v) is 7.48. The molecule has 1 aromatic carbocycles. The summed E-state index contributed by atoms with van der Waals surface area (Å²) in [5.41, 5.74) is 6.89. The van der Waals surface area contributed by atoms with Crippen molar-refractivity contribution in [2.75, 3.05) is 23.7 Å². The van der Waals surface area contributed by atoms with Gasteiger partial charge in [-0.15, -0.1) is 0 Å². The Kier molecular flexibility index (Phi) is 4.76. The summed E-state index contributed by atoms with van der Waals surface area (Å²) < 4.78 is 0. The van der Waals surface area contributed by atoms with E-state index < -0.39 is 5.97 Å². The Bertz CT molecular complexity index is 497. The quantitative estimate of drug-likeness (QED) is 0.833. The van der Waals surface area contributed by atoms with Crippen LogP contribution in [-0.4, -0.2) is 24.2 Å². The number of anilines is 2. The second-order valence-corrected chi connectivity index (χ2v) is 5.83. The minimum Gasteiger partial charge on any atom is -0.478 e. The molecule has 0 atom stereocenters. The van der Waals surface area contributed by atoms with Crippen molar-refractivity contribution in [3.8, 4) is 0 Å². The van der Waals surface area contributed by atoms with Gasteiger partial charge in [0.15, 0.2) is 0 Å². The lowest BCUT2D eigenvalue weighted by Gasteiger charge is -2.35. The summed E-state index contributed by atoms with van der Waals surface area (Å²) in [5, 5.41) is 9.77. The molecule has 20 heavy (non-hydrogen) atoms. The van der Waals surface area contributed by atoms with Crippen molar-refractivity contribution < 1.29 is 9.90 Å². The minimum absolute atomic E-state index is 0.198. The Labute approximate surface area is 124 Å². The number of rotatable bonds is 4. The van der Waals surface area contributed by atoms with Gasteiger partial charge in [0.05, 0.1) is 16.3 Å². The van der Waals surface area contributed by atoms with Crippen molar-refractivity contribution in [3.63, 3.8) is 0 Å². The molecule has 1 fully saturated rings. The predicted octanol–water partition coefficient (Wildman–Crippen LogP) is 3.64. The smallest absolute Gasteiger partial charge is 0.337 e. The number of carboxylic acid groups (broad SMARTS) is 1.